The fourth-order valence-corrected chi connectivity index (χ4v) is 1.73. The summed E-state index contributed by atoms with van der Waals surface area (Å²) in [7, 11) is 0. The van der Waals surface area contributed by atoms with Gasteiger partial charge in [0.05, 0.1) is 17.5 Å². The number of carbonyl (C=O) groups excluding carboxylic acids is 1. The van der Waals surface area contributed by atoms with Crippen molar-refractivity contribution in [1.29, 1.82) is 5.26 Å². The van der Waals surface area contributed by atoms with Crippen LogP contribution in [0.1, 0.15) is 12.0 Å². The number of nitriles is 1. The van der Waals surface area contributed by atoms with Gasteiger partial charge in [-0.3, -0.25) is 9.59 Å². The molecule has 0 heterocycles. The standard InChI is InChI=1S/C12H9FN2O3/c13-9-2-1-3-10(8(9)5-14)15-11(16)6-4-7(6)12(17)18/h1-3,6-7H,4H2,(H,15,16)(H,17,18)/t6-,7+/m1/s1. The summed E-state index contributed by atoms with van der Waals surface area (Å²) in [5.41, 5.74) is -0.183. The quantitative estimate of drug-likeness (QED) is 0.844. The van der Waals surface area contributed by atoms with Crippen molar-refractivity contribution >= 4 is 17.6 Å². The summed E-state index contributed by atoms with van der Waals surface area (Å²) in [6.45, 7) is 0. The molecule has 1 saturated carbocycles. The Labute approximate surface area is 102 Å². The zero-order valence-electron chi connectivity index (χ0n) is 9.18. The van der Waals surface area contributed by atoms with Crippen LogP contribution in [0, 0.1) is 29.0 Å². The second kappa shape index (κ2) is 4.45. The summed E-state index contributed by atoms with van der Waals surface area (Å²) in [5, 5.41) is 19.8. The van der Waals surface area contributed by atoms with Gasteiger partial charge in [0, 0.05) is 0 Å². The third-order valence-electron chi connectivity index (χ3n) is 2.83. The Morgan fingerprint density at radius 3 is 2.72 bits per heavy atom. The van der Waals surface area contributed by atoms with Crippen molar-refractivity contribution in [2.75, 3.05) is 5.32 Å². The molecular formula is C12H9FN2O3. The average Bonchev–Trinajstić information content (AvgIpc) is 3.09. The summed E-state index contributed by atoms with van der Waals surface area (Å²) in [6, 6.07) is 5.54. The SMILES string of the molecule is N#Cc1c(F)cccc1NC(=O)[C@@H]1C[C@@H]1C(=O)O. The third-order valence-corrected chi connectivity index (χ3v) is 2.83. The molecule has 92 valence electrons. The van der Waals surface area contributed by atoms with Gasteiger partial charge in [-0.05, 0) is 18.6 Å². The molecule has 0 radical (unpaired) electrons. The van der Waals surface area contributed by atoms with Crippen LogP contribution in [0.4, 0.5) is 10.1 Å². The molecule has 2 atom stereocenters. The van der Waals surface area contributed by atoms with Gasteiger partial charge >= 0.3 is 5.97 Å². The molecule has 1 aromatic rings. The summed E-state index contributed by atoms with van der Waals surface area (Å²) < 4.78 is 13.3. The molecule has 1 aliphatic carbocycles. The predicted octanol–water partition coefficient (Wildman–Crippen LogP) is 1.36. The van der Waals surface area contributed by atoms with Gasteiger partial charge in [0.1, 0.15) is 17.4 Å². The Hall–Kier alpha value is -2.42. The lowest BCUT2D eigenvalue weighted by molar-refractivity contribution is -0.139. The van der Waals surface area contributed by atoms with Crippen molar-refractivity contribution in [3.05, 3.63) is 29.6 Å². The second-order valence-corrected chi connectivity index (χ2v) is 4.05. The van der Waals surface area contributed by atoms with E-state index in [1.165, 1.54) is 12.1 Å². The van der Waals surface area contributed by atoms with E-state index in [1.54, 1.807) is 6.07 Å². The van der Waals surface area contributed by atoms with E-state index in [1.807, 2.05) is 0 Å². The summed E-state index contributed by atoms with van der Waals surface area (Å²) in [6.07, 6.45) is 0.276. The molecule has 0 bridgehead atoms. The minimum absolute atomic E-state index is 0.0681. The minimum atomic E-state index is -1.02. The highest BCUT2D eigenvalue weighted by atomic mass is 19.1. The molecule has 18 heavy (non-hydrogen) atoms. The van der Waals surface area contributed by atoms with Gasteiger partial charge in [0.25, 0.3) is 0 Å². The molecule has 1 fully saturated rings. The molecule has 1 aliphatic rings. The summed E-state index contributed by atoms with van der Waals surface area (Å²) in [5.74, 6) is -3.51. The van der Waals surface area contributed by atoms with E-state index < -0.39 is 29.5 Å². The fourth-order valence-electron chi connectivity index (χ4n) is 1.73. The lowest BCUT2D eigenvalue weighted by Gasteiger charge is -2.06. The van der Waals surface area contributed by atoms with Gasteiger partial charge < -0.3 is 10.4 Å². The first-order chi connectivity index (χ1) is 8.54. The van der Waals surface area contributed by atoms with Crippen LogP contribution in [-0.4, -0.2) is 17.0 Å². The Kier molecular flexibility index (Phi) is 2.98. The van der Waals surface area contributed by atoms with Crippen molar-refractivity contribution in [1.82, 2.24) is 0 Å². The first kappa shape index (κ1) is 12.0. The van der Waals surface area contributed by atoms with Gasteiger partial charge in [0.2, 0.25) is 5.91 Å². The minimum Gasteiger partial charge on any atom is -0.481 e. The number of aliphatic carboxylic acids is 1. The van der Waals surface area contributed by atoms with Crippen LogP contribution < -0.4 is 5.32 Å². The Morgan fingerprint density at radius 1 is 1.44 bits per heavy atom. The van der Waals surface area contributed by atoms with E-state index in [0.29, 0.717) is 0 Å². The summed E-state index contributed by atoms with van der Waals surface area (Å²) >= 11 is 0. The Balaban J connectivity index is 2.12. The van der Waals surface area contributed by atoms with Crippen molar-refractivity contribution in [3.8, 4) is 6.07 Å². The molecule has 1 aromatic carbocycles. The van der Waals surface area contributed by atoms with Gasteiger partial charge in [-0.2, -0.15) is 5.26 Å². The average molecular weight is 248 g/mol. The number of carboxylic acid groups (broad SMARTS) is 1. The maximum absolute atomic E-state index is 13.3. The van der Waals surface area contributed by atoms with Crippen LogP contribution in [0.15, 0.2) is 18.2 Å². The molecule has 0 spiro atoms. The number of hydrogen-bond acceptors (Lipinski definition) is 3. The van der Waals surface area contributed by atoms with Crippen molar-refractivity contribution in [2.45, 2.75) is 6.42 Å². The molecule has 0 aliphatic heterocycles. The van der Waals surface area contributed by atoms with E-state index in [9.17, 15) is 14.0 Å². The first-order valence-electron chi connectivity index (χ1n) is 5.27. The van der Waals surface area contributed by atoms with Crippen LogP contribution >= 0.6 is 0 Å². The molecule has 2 rings (SSSR count). The molecule has 0 saturated heterocycles. The van der Waals surface area contributed by atoms with Gasteiger partial charge in [-0.1, -0.05) is 6.07 Å². The van der Waals surface area contributed by atoms with Gasteiger partial charge in [-0.25, -0.2) is 4.39 Å². The Bertz CT molecular complexity index is 565. The van der Waals surface area contributed by atoms with E-state index in [2.05, 4.69) is 5.32 Å². The highest BCUT2D eigenvalue weighted by molar-refractivity contribution is 5.99. The smallest absolute Gasteiger partial charge is 0.307 e. The zero-order chi connectivity index (χ0) is 13.3. The third kappa shape index (κ3) is 2.15. The number of halogens is 1. The largest absolute Gasteiger partial charge is 0.481 e. The molecule has 2 N–H and O–H groups in total. The number of hydrogen-bond donors (Lipinski definition) is 2. The number of rotatable bonds is 3. The van der Waals surface area contributed by atoms with E-state index in [-0.39, 0.29) is 17.7 Å². The molecule has 0 unspecified atom stereocenters. The van der Waals surface area contributed by atoms with Crippen molar-refractivity contribution in [3.63, 3.8) is 0 Å². The normalized spacial score (nSPS) is 20.9. The maximum atomic E-state index is 13.3. The van der Waals surface area contributed by atoms with Crippen LogP contribution in [-0.2, 0) is 9.59 Å². The monoisotopic (exact) mass is 248 g/mol. The molecular weight excluding hydrogens is 239 g/mol. The molecule has 0 aromatic heterocycles. The van der Waals surface area contributed by atoms with Gasteiger partial charge in [-0.15, -0.1) is 0 Å². The molecule has 1 amide bonds. The maximum Gasteiger partial charge on any atom is 0.307 e. The lowest BCUT2D eigenvalue weighted by Crippen LogP contribution is -2.17. The number of nitrogens with one attached hydrogen (secondary N) is 1. The van der Waals surface area contributed by atoms with E-state index in [4.69, 9.17) is 10.4 Å². The van der Waals surface area contributed by atoms with Crippen molar-refractivity contribution in [2.24, 2.45) is 11.8 Å². The number of benzene rings is 1. The number of amides is 1. The van der Waals surface area contributed by atoms with Crippen LogP contribution in [0.5, 0.6) is 0 Å². The lowest BCUT2D eigenvalue weighted by atomic mass is 10.1. The topological polar surface area (TPSA) is 90.2 Å². The number of carboxylic acids is 1. The van der Waals surface area contributed by atoms with Crippen molar-refractivity contribution < 1.29 is 19.1 Å². The number of nitrogens with zero attached hydrogens (tertiary/aromatic N) is 1. The highest BCUT2D eigenvalue weighted by Crippen LogP contribution is 2.39. The summed E-state index contributed by atoms with van der Waals surface area (Å²) in [4.78, 5) is 22.3. The first-order valence-corrected chi connectivity index (χ1v) is 5.27. The fraction of sp³-hybridized carbons (Fsp3) is 0.250. The van der Waals surface area contributed by atoms with Crippen LogP contribution in [0.25, 0.3) is 0 Å². The van der Waals surface area contributed by atoms with E-state index >= 15 is 0 Å². The van der Waals surface area contributed by atoms with Crippen LogP contribution in [0.3, 0.4) is 0 Å². The Morgan fingerprint density at radius 2 is 2.17 bits per heavy atom. The van der Waals surface area contributed by atoms with Crippen LogP contribution in [0.2, 0.25) is 0 Å². The highest BCUT2D eigenvalue weighted by Gasteiger charge is 2.48. The second-order valence-electron chi connectivity index (χ2n) is 4.05. The number of anilines is 1. The number of carbonyl (C=O) groups is 2. The van der Waals surface area contributed by atoms with E-state index in [0.717, 1.165) is 6.07 Å². The molecule has 6 heteroatoms. The zero-order valence-corrected chi connectivity index (χ0v) is 9.18. The molecule has 5 nitrogen and oxygen atoms in total. The predicted molar refractivity (Wildman–Crippen MR) is 59.0 cm³/mol. The van der Waals surface area contributed by atoms with Gasteiger partial charge in [0.15, 0.2) is 0 Å².